The van der Waals surface area contributed by atoms with Crippen LogP contribution in [0.15, 0.2) is 28.7 Å². The zero-order chi connectivity index (χ0) is 14.5. The van der Waals surface area contributed by atoms with Crippen molar-refractivity contribution >= 4 is 33.4 Å². The number of aromatic nitrogens is 2. The molecule has 0 aliphatic rings. The molecule has 0 amide bonds. The number of aryl methyl sites for hydroxylation is 2. The summed E-state index contributed by atoms with van der Waals surface area (Å²) >= 11 is 3.50. The highest BCUT2D eigenvalue weighted by molar-refractivity contribution is 9.10. The van der Waals surface area contributed by atoms with Gasteiger partial charge in [-0.15, -0.1) is 0 Å². The van der Waals surface area contributed by atoms with Crippen molar-refractivity contribution < 1.29 is 0 Å². The Morgan fingerprint density at radius 3 is 2.65 bits per heavy atom. The van der Waals surface area contributed by atoms with Crippen LogP contribution in [0.1, 0.15) is 25.1 Å². The first-order chi connectivity index (χ1) is 9.62. The van der Waals surface area contributed by atoms with E-state index in [-0.39, 0.29) is 0 Å². The minimum absolute atomic E-state index is 0.658. The van der Waals surface area contributed by atoms with E-state index in [2.05, 4.69) is 55.6 Å². The first kappa shape index (κ1) is 14.8. The Morgan fingerprint density at radius 1 is 1.15 bits per heavy atom. The first-order valence-electron chi connectivity index (χ1n) is 6.77. The van der Waals surface area contributed by atoms with Gasteiger partial charge in [0.15, 0.2) is 0 Å². The first-order valence-corrected chi connectivity index (χ1v) is 7.56. The quantitative estimate of drug-likeness (QED) is 0.856. The second kappa shape index (κ2) is 6.70. The van der Waals surface area contributed by atoms with Gasteiger partial charge in [-0.3, -0.25) is 0 Å². The van der Waals surface area contributed by atoms with Gasteiger partial charge in [0.25, 0.3) is 0 Å². The van der Waals surface area contributed by atoms with E-state index in [4.69, 9.17) is 0 Å². The lowest BCUT2D eigenvalue weighted by Gasteiger charge is -2.12. The average Bonchev–Trinajstić information content (AvgIpc) is 2.40. The predicted octanol–water partition coefficient (Wildman–Crippen LogP) is 4.29. The van der Waals surface area contributed by atoms with Crippen LogP contribution in [-0.2, 0) is 6.42 Å². The third-order valence-electron chi connectivity index (χ3n) is 2.90. The fraction of sp³-hybridized carbons (Fsp3) is 0.333. The number of nitrogens with one attached hydrogen (secondary N) is 2. The van der Waals surface area contributed by atoms with E-state index in [1.807, 2.05) is 26.0 Å². The summed E-state index contributed by atoms with van der Waals surface area (Å²) in [5.74, 6) is 1.47. The Balaban J connectivity index is 2.29. The molecule has 0 saturated heterocycles. The van der Waals surface area contributed by atoms with Crippen molar-refractivity contribution in [2.75, 3.05) is 17.2 Å². The molecule has 0 bridgehead atoms. The van der Waals surface area contributed by atoms with Crippen LogP contribution in [0.3, 0.4) is 0 Å². The fourth-order valence-electron chi connectivity index (χ4n) is 1.98. The summed E-state index contributed by atoms with van der Waals surface area (Å²) in [5.41, 5.74) is 3.27. The van der Waals surface area contributed by atoms with E-state index in [1.54, 1.807) is 0 Å². The Labute approximate surface area is 128 Å². The third-order valence-corrected chi connectivity index (χ3v) is 3.39. The van der Waals surface area contributed by atoms with Gasteiger partial charge in [-0.2, -0.15) is 4.98 Å². The molecule has 1 heterocycles. The molecule has 0 radical (unpaired) electrons. The van der Waals surface area contributed by atoms with Gasteiger partial charge in [-0.05, 0) is 44.0 Å². The molecule has 1 aromatic heterocycles. The van der Waals surface area contributed by atoms with Crippen LogP contribution in [0.2, 0.25) is 0 Å². The van der Waals surface area contributed by atoms with Crippen LogP contribution in [0.25, 0.3) is 0 Å². The molecule has 4 nitrogen and oxygen atoms in total. The number of hydrogen-bond acceptors (Lipinski definition) is 4. The van der Waals surface area contributed by atoms with Crippen LogP contribution in [-0.4, -0.2) is 16.5 Å². The minimum Gasteiger partial charge on any atom is -0.354 e. The fourth-order valence-corrected chi connectivity index (χ4v) is 2.39. The van der Waals surface area contributed by atoms with Gasteiger partial charge in [-0.25, -0.2) is 4.98 Å². The van der Waals surface area contributed by atoms with Crippen LogP contribution >= 0.6 is 15.9 Å². The van der Waals surface area contributed by atoms with E-state index in [1.165, 1.54) is 5.56 Å². The van der Waals surface area contributed by atoms with E-state index in [0.717, 1.165) is 34.6 Å². The van der Waals surface area contributed by atoms with E-state index in [9.17, 15) is 0 Å². The minimum atomic E-state index is 0.658. The van der Waals surface area contributed by atoms with Gasteiger partial charge >= 0.3 is 0 Å². The lowest BCUT2D eigenvalue weighted by molar-refractivity contribution is 1.05. The molecule has 0 aliphatic heterocycles. The van der Waals surface area contributed by atoms with Crippen molar-refractivity contribution in [1.82, 2.24) is 9.97 Å². The van der Waals surface area contributed by atoms with Crippen LogP contribution in [0.5, 0.6) is 0 Å². The molecule has 106 valence electrons. The summed E-state index contributed by atoms with van der Waals surface area (Å²) in [6.07, 6.45) is 0.964. The van der Waals surface area contributed by atoms with Gasteiger partial charge in [-0.1, -0.05) is 22.9 Å². The summed E-state index contributed by atoms with van der Waals surface area (Å²) in [5, 5.41) is 6.52. The molecule has 1 aromatic carbocycles. The second-order valence-electron chi connectivity index (χ2n) is 4.53. The smallest absolute Gasteiger partial charge is 0.224 e. The van der Waals surface area contributed by atoms with E-state index in [0.29, 0.717) is 5.95 Å². The maximum Gasteiger partial charge on any atom is 0.224 e. The highest BCUT2D eigenvalue weighted by Gasteiger charge is 2.05. The molecule has 0 aliphatic carbocycles. The summed E-state index contributed by atoms with van der Waals surface area (Å²) in [7, 11) is 0. The number of rotatable bonds is 5. The van der Waals surface area contributed by atoms with Gasteiger partial charge in [0, 0.05) is 28.5 Å². The SMILES string of the molecule is CCNc1nc(C)cc(Nc2ccc(Br)cc2CC)n1. The molecular formula is C15H19BrN4. The van der Waals surface area contributed by atoms with E-state index >= 15 is 0 Å². The third kappa shape index (κ3) is 3.70. The maximum absolute atomic E-state index is 4.47. The molecule has 2 rings (SSSR count). The number of anilines is 3. The lowest BCUT2D eigenvalue weighted by atomic mass is 10.1. The number of benzene rings is 1. The maximum atomic E-state index is 4.47. The Bertz CT molecular complexity index is 598. The lowest BCUT2D eigenvalue weighted by Crippen LogP contribution is -2.06. The second-order valence-corrected chi connectivity index (χ2v) is 5.44. The van der Waals surface area contributed by atoms with Gasteiger partial charge in [0.05, 0.1) is 0 Å². The molecule has 0 fully saturated rings. The number of hydrogen-bond donors (Lipinski definition) is 2. The summed E-state index contributed by atoms with van der Waals surface area (Å²) in [4.78, 5) is 8.82. The zero-order valence-electron chi connectivity index (χ0n) is 12.0. The summed E-state index contributed by atoms with van der Waals surface area (Å²) in [6.45, 7) is 6.95. The standard InChI is InChI=1S/C15H19BrN4/c1-4-11-9-12(16)6-7-13(11)19-14-8-10(3)18-15(20-14)17-5-2/h6-9H,4-5H2,1-3H3,(H2,17,18,19,20). The van der Waals surface area contributed by atoms with Crippen molar-refractivity contribution in [3.63, 3.8) is 0 Å². The molecule has 0 saturated carbocycles. The van der Waals surface area contributed by atoms with Gasteiger partial charge in [0.2, 0.25) is 5.95 Å². The Morgan fingerprint density at radius 2 is 1.95 bits per heavy atom. The van der Waals surface area contributed by atoms with Crippen LogP contribution < -0.4 is 10.6 Å². The molecule has 0 spiro atoms. The van der Waals surface area contributed by atoms with Crippen molar-refractivity contribution in [2.24, 2.45) is 0 Å². The highest BCUT2D eigenvalue weighted by atomic mass is 79.9. The van der Waals surface area contributed by atoms with Crippen LogP contribution in [0.4, 0.5) is 17.5 Å². The summed E-state index contributed by atoms with van der Waals surface area (Å²) < 4.78 is 1.09. The molecule has 20 heavy (non-hydrogen) atoms. The topological polar surface area (TPSA) is 49.8 Å². The highest BCUT2D eigenvalue weighted by Crippen LogP contribution is 2.24. The van der Waals surface area contributed by atoms with Gasteiger partial charge in [0.1, 0.15) is 5.82 Å². The molecular weight excluding hydrogens is 316 g/mol. The number of nitrogens with zero attached hydrogens (tertiary/aromatic N) is 2. The molecule has 2 aromatic rings. The molecule has 0 unspecified atom stereocenters. The van der Waals surface area contributed by atoms with Crippen molar-refractivity contribution in [1.29, 1.82) is 0 Å². The van der Waals surface area contributed by atoms with Crippen molar-refractivity contribution in [3.05, 3.63) is 40.0 Å². The molecule has 5 heteroatoms. The summed E-state index contributed by atoms with van der Waals surface area (Å²) in [6, 6.07) is 8.16. The Hall–Kier alpha value is -1.62. The van der Waals surface area contributed by atoms with Crippen molar-refractivity contribution in [3.8, 4) is 0 Å². The van der Waals surface area contributed by atoms with Crippen LogP contribution in [0, 0.1) is 6.92 Å². The number of halogens is 1. The van der Waals surface area contributed by atoms with Crippen molar-refractivity contribution in [2.45, 2.75) is 27.2 Å². The normalized spacial score (nSPS) is 10.4. The Kier molecular flexibility index (Phi) is 4.95. The predicted molar refractivity (Wildman–Crippen MR) is 87.7 cm³/mol. The van der Waals surface area contributed by atoms with E-state index < -0.39 is 0 Å². The molecule has 2 N–H and O–H groups in total. The average molecular weight is 335 g/mol. The monoisotopic (exact) mass is 334 g/mol. The molecule has 0 atom stereocenters. The largest absolute Gasteiger partial charge is 0.354 e. The zero-order valence-corrected chi connectivity index (χ0v) is 13.6. The van der Waals surface area contributed by atoms with Gasteiger partial charge < -0.3 is 10.6 Å².